The molecule has 2 rings (SSSR count). The van der Waals surface area contributed by atoms with E-state index in [-0.39, 0.29) is 11.8 Å². The Labute approximate surface area is 202 Å². The third-order valence-electron chi connectivity index (χ3n) is 4.69. The molecule has 0 aliphatic heterocycles. The van der Waals surface area contributed by atoms with Gasteiger partial charge < -0.3 is 4.74 Å². The standard InChI is InChI=1S/C27H28O3S.C2H6/c1-7-9-10-25(19(4)22-11-13-23(14-12-22)27(29)30-8-2)21(6)31-26-16-15-24(20(5)28)17-18(26)3;1-2/h7,9-17H,1,4,8H2,2-3,5-6H3;1-2H3/b10-9-,25-21-;. The van der Waals surface area contributed by atoms with Crippen molar-refractivity contribution in [2.24, 2.45) is 0 Å². The number of hydrogen-bond acceptors (Lipinski definition) is 4. The van der Waals surface area contributed by atoms with Crippen LogP contribution in [0.4, 0.5) is 0 Å². The van der Waals surface area contributed by atoms with Crippen molar-refractivity contribution in [1.82, 2.24) is 0 Å². The van der Waals surface area contributed by atoms with Crippen LogP contribution in [0.2, 0.25) is 0 Å². The van der Waals surface area contributed by atoms with E-state index in [9.17, 15) is 9.59 Å². The summed E-state index contributed by atoms with van der Waals surface area (Å²) < 4.78 is 5.05. The minimum absolute atomic E-state index is 0.0566. The summed E-state index contributed by atoms with van der Waals surface area (Å²) in [6, 6.07) is 13.0. The van der Waals surface area contributed by atoms with E-state index in [1.165, 1.54) is 0 Å². The van der Waals surface area contributed by atoms with Gasteiger partial charge in [0, 0.05) is 10.5 Å². The quantitative estimate of drug-likeness (QED) is 0.163. The Kier molecular flexibility index (Phi) is 12.0. The highest BCUT2D eigenvalue weighted by Gasteiger charge is 2.12. The molecule has 0 saturated heterocycles. The fraction of sp³-hybridized carbons (Fsp3) is 0.241. The first-order valence-electron chi connectivity index (χ1n) is 11.0. The molecule has 0 aliphatic rings. The van der Waals surface area contributed by atoms with Crippen LogP contribution in [-0.4, -0.2) is 18.4 Å². The van der Waals surface area contributed by atoms with Gasteiger partial charge in [-0.2, -0.15) is 0 Å². The van der Waals surface area contributed by atoms with Crippen molar-refractivity contribution < 1.29 is 14.3 Å². The molecule has 174 valence electrons. The molecule has 0 fully saturated rings. The number of rotatable bonds is 9. The lowest BCUT2D eigenvalue weighted by Crippen LogP contribution is -2.04. The molecule has 0 N–H and O–H groups in total. The Morgan fingerprint density at radius 2 is 1.58 bits per heavy atom. The second kappa shape index (κ2) is 14.1. The van der Waals surface area contributed by atoms with Gasteiger partial charge in [-0.05, 0) is 79.1 Å². The van der Waals surface area contributed by atoms with E-state index >= 15 is 0 Å². The molecule has 0 bridgehead atoms. The number of ketones is 1. The fourth-order valence-electron chi connectivity index (χ4n) is 2.97. The van der Waals surface area contributed by atoms with E-state index in [1.807, 2.05) is 70.2 Å². The van der Waals surface area contributed by atoms with E-state index < -0.39 is 0 Å². The Morgan fingerprint density at radius 1 is 1.00 bits per heavy atom. The van der Waals surface area contributed by atoms with Crippen molar-refractivity contribution in [2.45, 2.75) is 46.4 Å². The van der Waals surface area contributed by atoms with Crippen LogP contribution >= 0.6 is 11.8 Å². The van der Waals surface area contributed by atoms with Crippen LogP contribution in [0.5, 0.6) is 0 Å². The molecule has 0 saturated carbocycles. The second-order valence-corrected chi connectivity index (χ2v) is 8.24. The number of allylic oxidation sites excluding steroid dienone is 6. The molecule has 0 aromatic heterocycles. The van der Waals surface area contributed by atoms with Crippen molar-refractivity contribution in [3.8, 4) is 0 Å². The highest BCUT2D eigenvalue weighted by molar-refractivity contribution is 8.03. The van der Waals surface area contributed by atoms with E-state index in [0.29, 0.717) is 17.7 Å². The first-order chi connectivity index (χ1) is 15.8. The molecule has 3 nitrogen and oxygen atoms in total. The number of benzene rings is 2. The lowest BCUT2D eigenvalue weighted by atomic mass is 9.97. The zero-order valence-electron chi connectivity index (χ0n) is 20.5. The van der Waals surface area contributed by atoms with Crippen molar-refractivity contribution in [2.75, 3.05) is 6.61 Å². The SMILES string of the molecule is C=C/C=C\C(C(=C)c1ccc(C(=O)OCC)cc1)=C(/C)Sc1ccc(C(C)=O)cc1C.CC. The summed E-state index contributed by atoms with van der Waals surface area (Å²) in [7, 11) is 0. The monoisotopic (exact) mass is 462 g/mol. The number of Topliss-reactive ketones (excluding diaryl/α,β-unsaturated/α-hetero) is 1. The fourth-order valence-corrected chi connectivity index (χ4v) is 3.96. The van der Waals surface area contributed by atoms with Crippen LogP contribution in [0.1, 0.15) is 66.5 Å². The summed E-state index contributed by atoms with van der Waals surface area (Å²) in [6.07, 6.45) is 5.58. The molecule has 33 heavy (non-hydrogen) atoms. The Bertz CT molecular complexity index is 1060. The maximum atomic E-state index is 11.9. The van der Waals surface area contributed by atoms with Gasteiger partial charge in [-0.3, -0.25) is 4.79 Å². The first-order valence-corrected chi connectivity index (χ1v) is 11.9. The lowest BCUT2D eigenvalue weighted by molar-refractivity contribution is 0.0526. The summed E-state index contributed by atoms with van der Waals surface area (Å²) in [6.45, 7) is 19.8. The van der Waals surface area contributed by atoms with Gasteiger partial charge in [0.05, 0.1) is 12.2 Å². The topological polar surface area (TPSA) is 43.4 Å². The van der Waals surface area contributed by atoms with Crippen LogP contribution in [0.25, 0.3) is 5.57 Å². The van der Waals surface area contributed by atoms with Crippen molar-refractivity contribution >= 4 is 29.1 Å². The predicted molar refractivity (Wildman–Crippen MR) is 142 cm³/mol. The molecule has 0 amide bonds. The van der Waals surface area contributed by atoms with Gasteiger partial charge in [-0.1, -0.05) is 75.2 Å². The summed E-state index contributed by atoms with van der Waals surface area (Å²) in [5.41, 5.74) is 5.01. The highest BCUT2D eigenvalue weighted by atomic mass is 32.2. The van der Waals surface area contributed by atoms with E-state index in [0.717, 1.165) is 32.1 Å². The Balaban J connectivity index is 0.00000265. The molecule has 2 aromatic carbocycles. The molecule has 0 aliphatic carbocycles. The molecule has 0 unspecified atom stereocenters. The van der Waals surface area contributed by atoms with Gasteiger partial charge in [0.1, 0.15) is 0 Å². The van der Waals surface area contributed by atoms with Crippen LogP contribution in [0.3, 0.4) is 0 Å². The van der Waals surface area contributed by atoms with Crippen LogP contribution in [0.15, 0.2) is 89.2 Å². The third kappa shape index (κ3) is 8.07. The van der Waals surface area contributed by atoms with Gasteiger partial charge in [0.2, 0.25) is 0 Å². The number of hydrogen-bond donors (Lipinski definition) is 0. The smallest absolute Gasteiger partial charge is 0.338 e. The highest BCUT2D eigenvalue weighted by Crippen LogP contribution is 2.36. The van der Waals surface area contributed by atoms with E-state index in [4.69, 9.17) is 4.74 Å². The van der Waals surface area contributed by atoms with Gasteiger partial charge in [-0.25, -0.2) is 4.79 Å². The first kappa shape index (κ1) is 27.9. The summed E-state index contributed by atoms with van der Waals surface area (Å²) in [4.78, 5) is 25.7. The van der Waals surface area contributed by atoms with E-state index in [2.05, 4.69) is 13.2 Å². The molecule has 0 radical (unpaired) electrons. The lowest BCUT2D eigenvalue weighted by Gasteiger charge is -2.14. The van der Waals surface area contributed by atoms with Crippen LogP contribution < -0.4 is 0 Å². The maximum absolute atomic E-state index is 11.9. The predicted octanol–water partition coefficient (Wildman–Crippen LogP) is 8.22. The van der Waals surface area contributed by atoms with Crippen LogP contribution in [0, 0.1) is 6.92 Å². The zero-order chi connectivity index (χ0) is 25.0. The molecule has 2 aromatic rings. The van der Waals surface area contributed by atoms with Crippen molar-refractivity contribution in [3.05, 3.63) is 107 Å². The summed E-state index contributed by atoms with van der Waals surface area (Å²) >= 11 is 1.63. The number of carbonyl (C=O) groups excluding carboxylic acids is 2. The summed E-state index contributed by atoms with van der Waals surface area (Å²) in [5, 5.41) is 0. The molecule has 0 spiro atoms. The minimum Gasteiger partial charge on any atom is -0.462 e. The molecule has 4 heteroatoms. The summed E-state index contributed by atoms with van der Waals surface area (Å²) in [5.74, 6) is -0.278. The van der Waals surface area contributed by atoms with Gasteiger partial charge in [-0.15, -0.1) is 0 Å². The molecular formula is C29H34O3S. The Morgan fingerprint density at radius 3 is 2.09 bits per heavy atom. The van der Waals surface area contributed by atoms with Crippen molar-refractivity contribution in [1.29, 1.82) is 0 Å². The van der Waals surface area contributed by atoms with Gasteiger partial charge in [0.25, 0.3) is 0 Å². The minimum atomic E-state index is -0.335. The average Bonchev–Trinajstić information content (AvgIpc) is 2.82. The van der Waals surface area contributed by atoms with E-state index in [1.54, 1.807) is 43.8 Å². The molecule has 0 heterocycles. The number of esters is 1. The number of aryl methyl sites for hydroxylation is 1. The maximum Gasteiger partial charge on any atom is 0.338 e. The number of ether oxygens (including phenoxy) is 1. The zero-order valence-corrected chi connectivity index (χ0v) is 21.3. The Hall–Kier alpha value is -3.11. The largest absolute Gasteiger partial charge is 0.462 e. The molecule has 0 atom stereocenters. The average molecular weight is 463 g/mol. The number of thioether (sulfide) groups is 1. The molecular weight excluding hydrogens is 428 g/mol. The van der Waals surface area contributed by atoms with Gasteiger partial charge >= 0.3 is 5.97 Å². The third-order valence-corrected chi connectivity index (χ3v) is 5.90. The van der Waals surface area contributed by atoms with Gasteiger partial charge in [0.15, 0.2) is 5.78 Å². The van der Waals surface area contributed by atoms with Crippen molar-refractivity contribution in [3.63, 3.8) is 0 Å². The van der Waals surface area contributed by atoms with Crippen LogP contribution in [-0.2, 0) is 4.74 Å². The normalized spacial score (nSPS) is 11.2. The number of carbonyl (C=O) groups is 2. The second-order valence-electron chi connectivity index (χ2n) is 6.98.